The molecule has 0 aliphatic carbocycles. The molecule has 0 unspecified atom stereocenters. The van der Waals surface area contributed by atoms with Gasteiger partial charge in [0.15, 0.2) is 0 Å². The molecule has 0 fully saturated rings. The average molecular weight is 270 g/mol. The molecule has 2 aromatic carbocycles. The van der Waals surface area contributed by atoms with E-state index in [0.29, 0.717) is 0 Å². The second-order valence-corrected chi connectivity index (χ2v) is 5.18. The summed E-state index contributed by atoms with van der Waals surface area (Å²) in [6.07, 6.45) is 0. The molecule has 0 aromatic heterocycles. The third-order valence-corrected chi connectivity index (χ3v) is 3.43. The van der Waals surface area contributed by atoms with E-state index < -0.39 is 0 Å². The minimum Gasteiger partial charge on any atom is -0.496 e. The Kier molecular flexibility index (Phi) is 4.64. The molecule has 0 radical (unpaired) electrons. The van der Waals surface area contributed by atoms with Gasteiger partial charge in [0.1, 0.15) is 5.75 Å². The number of aryl methyl sites for hydroxylation is 1. The minimum atomic E-state index is 0.845. The number of methoxy groups -OCH3 is 1. The molecule has 2 N–H and O–H groups in total. The molecule has 20 heavy (non-hydrogen) atoms. The van der Waals surface area contributed by atoms with Crippen LogP contribution in [0.5, 0.6) is 5.75 Å². The summed E-state index contributed by atoms with van der Waals surface area (Å²) in [5, 5.41) is 0. The molecule has 0 aliphatic heterocycles. The molecule has 0 aliphatic rings. The lowest BCUT2D eigenvalue weighted by Crippen LogP contribution is -2.17. The van der Waals surface area contributed by atoms with Crippen LogP contribution in [0.4, 0.5) is 5.69 Å². The number of nitrogens with two attached hydrogens (primary N) is 1. The number of para-hydroxylation sites is 1. The van der Waals surface area contributed by atoms with Crippen molar-refractivity contribution in [1.29, 1.82) is 0 Å². The van der Waals surface area contributed by atoms with Crippen LogP contribution in [0.25, 0.3) is 0 Å². The van der Waals surface area contributed by atoms with E-state index in [1.807, 2.05) is 31.2 Å². The number of nitrogens with zero attached hydrogens (tertiary/aromatic N) is 1. The summed E-state index contributed by atoms with van der Waals surface area (Å²) in [6, 6.07) is 14.4. The van der Waals surface area contributed by atoms with Gasteiger partial charge in [0, 0.05) is 24.3 Å². The molecular weight excluding hydrogens is 248 g/mol. The first-order chi connectivity index (χ1) is 9.60. The zero-order valence-electron chi connectivity index (χ0n) is 12.4. The quantitative estimate of drug-likeness (QED) is 0.848. The smallest absolute Gasteiger partial charge is 0.123 e. The van der Waals surface area contributed by atoms with Crippen LogP contribution in [-0.2, 0) is 13.1 Å². The van der Waals surface area contributed by atoms with E-state index in [2.05, 4.69) is 30.1 Å². The van der Waals surface area contributed by atoms with Gasteiger partial charge in [-0.1, -0.05) is 30.3 Å². The average Bonchev–Trinajstić information content (AvgIpc) is 2.43. The van der Waals surface area contributed by atoms with Crippen molar-refractivity contribution in [2.24, 2.45) is 0 Å². The maximum absolute atomic E-state index is 5.96. The van der Waals surface area contributed by atoms with Crippen LogP contribution >= 0.6 is 0 Å². The van der Waals surface area contributed by atoms with Crippen LogP contribution in [0, 0.1) is 6.92 Å². The summed E-state index contributed by atoms with van der Waals surface area (Å²) in [5.74, 6) is 0.933. The van der Waals surface area contributed by atoms with Crippen molar-refractivity contribution in [3.05, 3.63) is 59.2 Å². The molecule has 0 amide bonds. The third kappa shape index (κ3) is 3.52. The van der Waals surface area contributed by atoms with Gasteiger partial charge < -0.3 is 10.5 Å². The van der Waals surface area contributed by atoms with Crippen molar-refractivity contribution >= 4 is 5.69 Å². The van der Waals surface area contributed by atoms with E-state index in [-0.39, 0.29) is 0 Å². The number of ether oxygens (including phenoxy) is 1. The maximum Gasteiger partial charge on any atom is 0.123 e. The Morgan fingerprint density at radius 1 is 1.10 bits per heavy atom. The Morgan fingerprint density at radius 2 is 1.85 bits per heavy atom. The van der Waals surface area contributed by atoms with Gasteiger partial charge in [0.25, 0.3) is 0 Å². The lowest BCUT2D eigenvalue weighted by atomic mass is 10.1. The SMILES string of the molecule is COc1ccccc1CN(C)Cc1ccc(C)c(N)c1. The number of anilines is 1. The van der Waals surface area contributed by atoms with E-state index in [1.165, 1.54) is 11.1 Å². The summed E-state index contributed by atoms with van der Waals surface area (Å²) in [5.41, 5.74) is 10.4. The second kappa shape index (κ2) is 6.44. The first-order valence-electron chi connectivity index (χ1n) is 6.75. The molecule has 0 atom stereocenters. The summed E-state index contributed by atoms with van der Waals surface area (Å²) < 4.78 is 5.38. The lowest BCUT2D eigenvalue weighted by molar-refractivity contribution is 0.310. The van der Waals surface area contributed by atoms with Crippen LogP contribution in [0.3, 0.4) is 0 Å². The van der Waals surface area contributed by atoms with Crippen LogP contribution < -0.4 is 10.5 Å². The van der Waals surface area contributed by atoms with E-state index >= 15 is 0 Å². The van der Waals surface area contributed by atoms with Crippen molar-refractivity contribution < 1.29 is 4.74 Å². The van der Waals surface area contributed by atoms with E-state index in [1.54, 1.807) is 7.11 Å². The lowest BCUT2D eigenvalue weighted by Gasteiger charge is -2.19. The van der Waals surface area contributed by atoms with Gasteiger partial charge >= 0.3 is 0 Å². The highest BCUT2D eigenvalue weighted by molar-refractivity contribution is 5.48. The first-order valence-corrected chi connectivity index (χ1v) is 6.75. The summed E-state index contributed by atoms with van der Waals surface area (Å²) in [4.78, 5) is 2.25. The highest BCUT2D eigenvalue weighted by atomic mass is 16.5. The number of hydrogen-bond acceptors (Lipinski definition) is 3. The molecule has 0 spiro atoms. The van der Waals surface area contributed by atoms with Crippen LogP contribution in [0.1, 0.15) is 16.7 Å². The fourth-order valence-electron chi connectivity index (χ4n) is 2.28. The third-order valence-electron chi connectivity index (χ3n) is 3.43. The Morgan fingerprint density at radius 3 is 2.55 bits per heavy atom. The van der Waals surface area contributed by atoms with E-state index in [9.17, 15) is 0 Å². The molecule has 0 saturated heterocycles. The highest BCUT2D eigenvalue weighted by Gasteiger charge is 2.07. The second-order valence-electron chi connectivity index (χ2n) is 5.18. The van der Waals surface area contributed by atoms with Gasteiger partial charge in [-0.3, -0.25) is 4.90 Å². The van der Waals surface area contributed by atoms with Gasteiger partial charge in [-0.15, -0.1) is 0 Å². The van der Waals surface area contributed by atoms with Crippen molar-refractivity contribution in [3.8, 4) is 5.75 Å². The summed E-state index contributed by atoms with van der Waals surface area (Å²) >= 11 is 0. The Hall–Kier alpha value is -2.00. The summed E-state index contributed by atoms with van der Waals surface area (Å²) in [6.45, 7) is 3.73. The van der Waals surface area contributed by atoms with Crippen LogP contribution in [0.2, 0.25) is 0 Å². The molecule has 2 aromatic rings. The van der Waals surface area contributed by atoms with Gasteiger partial charge in [0.05, 0.1) is 7.11 Å². The van der Waals surface area contributed by atoms with Gasteiger partial charge in [0.2, 0.25) is 0 Å². The Balaban J connectivity index is 2.05. The predicted octanol–water partition coefficient (Wildman–Crippen LogP) is 3.22. The Labute approximate surface area is 121 Å². The van der Waals surface area contributed by atoms with Crippen molar-refractivity contribution in [2.45, 2.75) is 20.0 Å². The standard InChI is InChI=1S/C17H22N2O/c1-13-8-9-14(10-16(13)18)11-19(2)12-15-6-4-5-7-17(15)20-3/h4-10H,11-12,18H2,1-3H3. The van der Waals surface area contributed by atoms with E-state index in [0.717, 1.165) is 30.1 Å². The number of nitrogen functional groups attached to an aromatic ring is 1. The van der Waals surface area contributed by atoms with Crippen LogP contribution in [0.15, 0.2) is 42.5 Å². The molecule has 3 heteroatoms. The topological polar surface area (TPSA) is 38.5 Å². The monoisotopic (exact) mass is 270 g/mol. The molecule has 0 bridgehead atoms. The molecule has 3 nitrogen and oxygen atoms in total. The van der Waals surface area contributed by atoms with Crippen LogP contribution in [-0.4, -0.2) is 19.1 Å². The highest BCUT2D eigenvalue weighted by Crippen LogP contribution is 2.20. The van der Waals surface area contributed by atoms with Gasteiger partial charge in [-0.05, 0) is 37.2 Å². The molecule has 0 heterocycles. The molecule has 106 valence electrons. The Bertz CT molecular complexity index is 581. The zero-order valence-corrected chi connectivity index (χ0v) is 12.4. The maximum atomic E-state index is 5.96. The van der Waals surface area contributed by atoms with Crippen molar-refractivity contribution in [1.82, 2.24) is 4.90 Å². The number of rotatable bonds is 5. The van der Waals surface area contributed by atoms with Gasteiger partial charge in [-0.25, -0.2) is 0 Å². The number of benzene rings is 2. The van der Waals surface area contributed by atoms with Crippen molar-refractivity contribution in [2.75, 3.05) is 19.9 Å². The molecular formula is C17H22N2O. The largest absolute Gasteiger partial charge is 0.496 e. The van der Waals surface area contributed by atoms with Crippen molar-refractivity contribution in [3.63, 3.8) is 0 Å². The minimum absolute atomic E-state index is 0.845. The summed E-state index contributed by atoms with van der Waals surface area (Å²) in [7, 11) is 3.81. The fraction of sp³-hybridized carbons (Fsp3) is 0.294. The predicted molar refractivity (Wildman–Crippen MR) is 83.8 cm³/mol. The fourth-order valence-corrected chi connectivity index (χ4v) is 2.28. The van der Waals surface area contributed by atoms with Gasteiger partial charge in [-0.2, -0.15) is 0 Å². The first kappa shape index (κ1) is 14.4. The van der Waals surface area contributed by atoms with E-state index in [4.69, 9.17) is 10.5 Å². The zero-order chi connectivity index (χ0) is 14.5. The normalized spacial score (nSPS) is 10.8. The molecule has 0 saturated carbocycles. The number of hydrogen-bond donors (Lipinski definition) is 1. The molecule has 2 rings (SSSR count).